The third-order valence-corrected chi connectivity index (χ3v) is 9.74. The Balaban J connectivity index is 1.52. The Bertz CT molecular complexity index is 950. The summed E-state index contributed by atoms with van der Waals surface area (Å²) < 4.78 is 0. The van der Waals surface area contributed by atoms with E-state index in [4.69, 9.17) is 0 Å². The van der Waals surface area contributed by atoms with E-state index in [0.717, 1.165) is 6.42 Å². The lowest BCUT2D eigenvalue weighted by Crippen LogP contribution is -2.13. The van der Waals surface area contributed by atoms with E-state index in [0.29, 0.717) is 0 Å². The second-order valence-electron chi connectivity index (χ2n) is 7.04. The molecule has 4 rings (SSSR count). The second kappa shape index (κ2) is 11.0. The van der Waals surface area contributed by atoms with Gasteiger partial charge in [0.05, 0.1) is 0 Å². The maximum Gasteiger partial charge on any atom is -0.0157 e. The van der Waals surface area contributed by atoms with E-state index in [-0.39, 0.29) is 7.92 Å². The fraction of sp³-hybridized carbons (Fsp3) is 0.0714. The Morgan fingerprint density at radius 3 is 1.23 bits per heavy atom. The third kappa shape index (κ3) is 5.54. The second-order valence-corrected chi connectivity index (χ2v) is 11.4. The van der Waals surface area contributed by atoms with Gasteiger partial charge in [0.25, 0.3) is 0 Å². The van der Waals surface area contributed by atoms with Crippen molar-refractivity contribution in [2.45, 2.75) is 6.42 Å². The first-order chi connectivity index (χ1) is 14.9. The van der Waals surface area contributed by atoms with Crippen LogP contribution in [0.2, 0.25) is 0 Å². The van der Waals surface area contributed by atoms with Gasteiger partial charge in [-0.3, -0.25) is 0 Å². The maximum absolute atomic E-state index is 2.45. The zero-order valence-electron chi connectivity index (χ0n) is 17.0. The number of allylic oxidation sites excluding steroid dienone is 1. The van der Waals surface area contributed by atoms with Crippen molar-refractivity contribution in [3.05, 3.63) is 133 Å². The van der Waals surface area contributed by atoms with Crippen LogP contribution in [-0.4, -0.2) is 6.16 Å². The van der Waals surface area contributed by atoms with Crippen molar-refractivity contribution in [3.8, 4) is 0 Å². The molecule has 0 nitrogen and oxygen atoms in total. The minimum Gasteiger partial charge on any atom is -0.0831 e. The molecule has 0 aliphatic rings. The standard InChI is InChI=1S/C28H26P2/c1-5-15-25(16-6-1)29(26-17-7-2-8-18-26)23-13-14-24-30(27-19-9-3-10-20-27)28-21-11-4-12-22-28/h1-13,15-23H,14,24H2/b23-13+. The fourth-order valence-electron chi connectivity index (χ4n) is 3.51. The first-order valence-electron chi connectivity index (χ1n) is 10.4. The summed E-state index contributed by atoms with van der Waals surface area (Å²) in [7, 11) is -0.798. The van der Waals surface area contributed by atoms with Gasteiger partial charge in [-0.05, 0) is 49.6 Å². The lowest BCUT2D eigenvalue weighted by Gasteiger charge is -2.18. The van der Waals surface area contributed by atoms with Gasteiger partial charge < -0.3 is 0 Å². The molecule has 0 aromatic heterocycles. The first-order valence-corrected chi connectivity index (χ1v) is 13.3. The minimum atomic E-state index is -0.464. The molecule has 0 saturated heterocycles. The van der Waals surface area contributed by atoms with E-state index in [2.05, 4.69) is 133 Å². The van der Waals surface area contributed by atoms with Crippen LogP contribution < -0.4 is 21.2 Å². The minimum absolute atomic E-state index is 0.334. The van der Waals surface area contributed by atoms with Crippen LogP contribution in [0, 0.1) is 0 Å². The summed E-state index contributed by atoms with van der Waals surface area (Å²) >= 11 is 0. The SMILES string of the molecule is C(=C\P(c1ccccc1)c1ccccc1)/CCP(c1ccccc1)c1ccccc1. The van der Waals surface area contributed by atoms with E-state index in [9.17, 15) is 0 Å². The van der Waals surface area contributed by atoms with Crippen LogP contribution in [0.1, 0.15) is 6.42 Å². The zero-order chi connectivity index (χ0) is 20.4. The van der Waals surface area contributed by atoms with Gasteiger partial charge in [0.2, 0.25) is 0 Å². The predicted molar refractivity (Wildman–Crippen MR) is 137 cm³/mol. The van der Waals surface area contributed by atoms with Gasteiger partial charge in [-0.2, -0.15) is 0 Å². The molecule has 0 amide bonds. The van der Waals surface area contributed by atoms with Gasteiger partial charge in [0, 0.05) is 0 Å². The topological polar surface area (TPSA) is 0 Å². The van der Waals surface area contributed by atoms with Crippen LogP contribution in [-0.2, 0) is 0 Å². The summed E-state index contributed by atoms with van der Waals surface area (Å²) in [5, 5.41) is 5.73. The fourth-order valence-corrected chi connectivity index (χ4v) is 7.78. The van der Waals surface area contributed by atoms with Gasteiger partial charge in [0.1, 0.15) is 0 Å². The molecule has 0 N–H and O–H groups in total. The summed E-state index contributed by atoms with van der Waals surface area (Å²) in [4.78, 5) is 0. The van der Waals surface area contributed by atoms with E-state index < -0.39 is 7.92 Å². The molecule has 0 aliphatic heterocycles. The molecule has 30 heavy (non-hydrogen) atoms. The quantitative estimate of drug-likeness (QED) is 0.297. The lowest BCUT2D eigenvalue weighted by molar-refractivity contribution is 1.24. The van der Waals surface area contributed by atoms with Crippen LogP contribution in [0.25, 0.3) is 0 Å². The van der Waals surface area contributed by atoms with Gasteiger partial charge >= 0.3 is 0 Å². The third-order valence-electron chi connectivity index (χ3n) is 4.98. The van der Waals surface area contributed by atoms with E-state index in [1.165, 1.54) is 27.4 Å². The van der Waals surface area contributed by atoms with E-state index >= 15 is 0 Å². The zero-order valence-corrected chi connectivity index (χ0v) is 18.8. The Hall–Kier alpha value is -2.52. The van der Waals surface area contributed by atoms with Crippen molar-refractivity contribution < 1.29 is 0 Å². The lowest BCUT2D eigenvalue weighted by atomic mass is 10.4. The van der Waals surface area contributed by atoms with Crippen LogP contribution in [0.3, 0.4) is 0 Å². The van der Waals surface area contributed by atoms with Crippen LogP contribution in [0.5, 0.6) is 0 Å². The number of hydrogen-bond acceptors (Lipinski definition) is 0. The molecule has 0 fully saturated rings. The summed E-state index contributed by atoms with van der Waals surface area (Å²) in [6.45, 7) is 0. The molecule has 2 heteroatoms. The molecule has 0 atom stereocenters. The van der Waals surface area contributed by atoms with Gasteiger partial charge in [-0.25, -0.2) is 0 Å². The molecular weight excluding hydrogens is 398 g/mol. The number of benzene rings is 4. The molecule has 0 bridgehead atoms. The Kier molecular flexibility index (Phi) is 7.63. The highest BCUT2D eigenvalue weighted by atomic mass is 31.1. The van der Waals surface area contributed by atoms with Crippen molar-refractivity contribution in [2.75, 3.05) is 6.16 Å². The average molecular weight is 424 g/mol. The Labute approximate surface area is 182 Å². The predicted octanol–water partition coefficient (Wildman–Crippen LogP) is 6.16. The highest BCUT2D eigenvalue weighted by molar-refractivity contribution is 7.75. The largest absolute Gasteiger partial charge is 0.0831 e. The molecule has 0 radical (unpaired) electrons. The van der Waals surface area contributed by atoms with Crippen LogP contribution >= 0.6 is 15.8 Å². The summed E-state index contributed by atoms with van der Waals surface area (Å²) in [6, 6.07) is 43.8. The highest BCUT2D eigenvalue weighted by Gasteiger charge is 2.13. The molecule has 0 saturated carbocycles. The van der Waals surface area contributed by atoms with Gasteiger partial charge in [0.15, 0.2) is 0 Å². The normalized spacial score (nSPS) is 11.4. The van der Waals surface area contributed by atoms with Crippen molar-refractivity contribution in [1.82, 2.24) is 0 Å². The molecule has 0 unspecified atom stereocenters. The van der Waals surface area contributed by atoms with Crippen molar-refractivity contribution in [3.63, 3.8) is 0 Å². The van der Waals surface area contributed by atoms with Crippen LogP contribution in [0.15, 0.2) is 133 Å². The summed E-state index contributed by atoms with van der Waals surface area (Å²) in [6.07, 6.45) is 4.67. The highest BCUT2D eigenvalue weighted by Crippen LogP contribution is 2.37. The smallest absolute Gasteiger partial charge is 0.0157 e. The number of hydrogen-bond donors (Lipinski definition) is 0. The van der Waals surface area contributed by atoms with E-state index in [1.807, 2.05) is 0 Å². The summed E-state index contributed by atoms with van der Waals surface area (Å²) in [5.41, 5.74) is 0. The Morgan fingerprint density at radius 2 is 0.833 bits per heavy atom. The van der Waals surface area contributed by atoms with E-state index in [1.54, 1.807) is 0 Å². The van der Waals surface area contributed by atoms with Crippen molar-refractivity contribution in [2.24, 2.45) is 0 Å². The monoisotopic (exact) mass is 424 g/mol. The summed E-state index contributed by atoms with van der Waals surface area (Å²) in [5.74, 6) is 2.45. The van der Waals surface area contributed by atoms with Crippen molar-refractivity contribution >= 4 is 37.1 Å². The molecule has 148 valence electrons. The molecule has 0 spiro atoms. The molecule has 0 heterocycles. The van der Waals surface area contributed by atoms with Crippen molar-refractivity contribution in [1.29, 1.82) is 0 Å². The molecule has 4 aromatic carbocycles. The number of rotatable bonds is 8. The van der Waals surface area contributed by atoms with Gasteiger partial charge in [-0.1, -0.05) is 133 Å². The molecular formula is C28H26P2. The molecule has 4 aromatic rings. The molecule has 0 aliphatic carbocycles. The maximum atomic E-state index is 2.45. The van der Waals surface area contributed by atoms with Crippen LogP contribution in [0.4, 0.5) is 0 Å². The average Bonchev–Trinajstić information content (AvgIpc) is 2.84. The Morgan fingerprint density at radius 1 is 0.467 bits per heavy atom. The van der Waals surface area contributed by atoms with Gasteiger partial charge in [-0.15, -0.1) is 0 Å². The first kappa shape index (κ1) is 20.7.